The van der Waals surface area contributed by atoms with Crippen molar-refractivity contribution in [2.24, 2.45) is 0 Å². The molecule has 0 radical (unpaired) electrons. The van der Waals surface area contributed by atoms with Crippen molar-refractivity contribution in [3.63, 3.8) is 0 Å². The zero-order valence-corrected chi connectivity index (χ0v) is 77.8. The maximum atomic E-state index is 5.46. The Hall–Kier alpha value is -19.5. The number of hydrogen-bond donors (Lipinski definition) is 0. The third kappa shape index (κ3) is 13.0. The predicted octanol–water partition coefficient (Wildman–Crippen LogP) is 34.2. The minimum absolute atomic E-state index is 0.661. The summed E-state index contributed by atoms with van der Waals surface area (Å²) < 4.78 is 13.9. The lowest BCUT2D eigenvalue weighted by molar-refractivity contribution is 1.01. The van der Waals surface area contributed by atoms with Gasteiger partial charge in [0, 0.05) is 109 Å². The summed E-state index contributed by atoms with van der Waals surface area (Å²) in [6.45, 7) is 0. The SMILES string of the molecule is c1ccc(-c2ccc3c(c2)c2cc(-c4nc(-n5c6ccccc6c6c7ccccc7ccc65)nc5ccccc45)ccc2n3-c2ccccc2)cc1.c1ccc(-n2c3ccccc3c3cc(-c4cc(-n5c6ccccc6c6c7ccccc7ccc65)nc5ccccc45)ccc32)cc1.c1ccc(-n2c3ccccc3c3cc(-c4nc(-n5c6ccccc6c6c7ccccc7ccc65)nc5ccccc45)ccc32)cc1. The zero-order chi connectivity index (χ0) is 94.6. The molecule has 670 valence electrons. The van der Waals surface area contributed by atoms with Crippen LogP contribution in [0.15, 0.2) is 504 Å². The van der Waals surface area contributed by atoms with E-state index in [9.17, 15) is 0 Å². The van der Waals surface area contributed by atoms with Crippen LogP contribution in [0.25, 0.3) is 275 Å². The van der Waals surface area contributed by atoms with E-state index in [0.717, 1.165) is 117 Å². The molecule has 0 aliphatic carbocycles. The molecule has 0 aliphatic rings. The minimum Gasteiger partial charge on any atom is -0.309 e. The maximum Gasteiger partial charge on any atom is 0.235 e. The molecular weight excluding hydrogens is 1750 g/mol. The number of fused-ring (bicyclic) bond motifs is 27. The molecule has 0 unspecified atom stereocenters. The number of hydrogen-bond acceptors (Lipinski definition) is 5. The molecule has 31 aromatic rings. The van der Waals surface area contributed by atoms with Crippen LogP contribution in [0.3, 0.4) is 0 Å². The van der Waals surface area contributed by atoms with Crippen LogP contribution in [0.4, 0.5) is 0 Å². The van der Waals surface area contributed by atoms with Gasteiger partial charge in [-0.2, -0.15) is 0 Å². The van der Waals surface area contributed by atoms with Gasteiger partial charge in [0.2, 0.25) is 11.9 Å². The van der Waals surface area contributed by atoms with Gasteiger partial charge in [0.25, 0.3) is 0 Å². The standard InChI is InChI=1S/C48H30N4.C43H27N3.C42H26N4/c1-3-13-31(14-4-1)33-24-26-43-39(29-33)40-30-34(25-27-44(40)51(43)35-16-5-2-6-17-35)47-37-19-9-11-21-41(37)49-48(50-47)52-42-22-12-10-20-38(42)46-36-18-8-7-15-32(36)23-28-45(46)52;1-2-13-30(14-3-1)45-38-20-10-7-17-33(38)36-26-29(23-24-40(36)45)35-27-42(44-37-19-9-6-16-32(35)37)46-39-21-11-8-18-34(39)43-31-15-5-4-12-28(31)22-25-41(43)46;1-2-13-29(14-3-1)45-36-20-10-7-16-31(36)34-26-28(23-24-38(34)45)41-32-17-6-9-19-35(32)43-42(44-41)46-37-21-11-8-18-33(37)40-30-15-5-4-12-27(30)22-25-39(40)46/h1-30H;1-27H;1-26H. The minimum atomic E-state index is 0.661. The molecule has 0 saturated carbocycles. The van der Waals surface area contributed by atoms with Gasteiger partial charge >= 0.3 is 0 Å². The molecule has 144 heavy (non-hydrogen) atoms. The van der Waals surface area contributed by atoms with Crippen LogP contribution in [-0.2, 0) is 0 Å². The summed E-state index contributed by atoms with van der Waals surface area (Å²) in [5.74, 6) is 2.25. The van der Waals surface area contributed by atoms with E-state index in [1.807, 2.05) is 0 Å². The summed E-state index contributed by atoms with van der Waals surface area (Å²) >= 11 is 0. The van der Waals surface area contributed by atoms with Gasteiger partial charge in [0.15, 0.2) is 0 Å². The first kappa shape index (κ1) is 81.7. The van der Waals surface area contributed by atoms with Crippen molar-refractivity contribution < 1.29 is 0 Å². The summed E-state index contributed by atoms with van der Waals surface area (Å²) in [5.41, 5.74) is 28.7. The molecule has 31 rings (SSSR count). The zero-order valence-electron chi connectivity index (χ0n) is 77.8. The molecule has 9 heterocycles. The van der Waals surface area contributed by atoms with E-state index in [0.29, 0.717) is 11.9 Å². The summed E-state index contributed by atoms with van der Waals surface area (Å²) in [5, 5.41) is 25.2. The molecule has 9 aromatic heterocycles. The summed E-state index contributed by atoms with van der Waals surface area (Å²) in [4.78, 5) is 26.6. The molecule has 11 heteroatoms. The van der Waals surface area contributed by atoms with Gasteiger partial charge in [-0.15, -0.1) is 0 Å². The Morgan fingerprint density at radius 1 is 0.139 bits per heavy atom. The fourth-order valence-electron chi connectivity index (χ4n) is 23.0. The van der Waals surface area contributed by atoms with E-state index in [2.05, 4.69) is 531 Å². The van der Waals surface area contributed by atoms with Crippen LogP contribution in [0, 0.1) is 0 Å². The van der Waals surface area contributed by atoms with E-state index < -0.39 is 0 Å². The van der Waals surface area contributed by atoms with E-state index >= 15 is 0 Å². The summed E-state index contributed by atoms with van der Waals surface area (Å²) in [6, 6.07) is 180. The molecule has 0 fully saturated rings. The molecular formula is C133H83N11. The number of pyridine rings is 1. The third-order valence-electron chi connectivity index (χ3n) is 29.3. The number of rotatable bonds is 10. The Labute approximate surface area is 825 Å². The second-order valence-corrected chi connectivity index (χ2v) is 37.3. The molecule has 0 bridgehead atoms. The average Bonchev–Trinajstić information content (AvgIpc) is 1.63. The first-order chi connectivity index (χ1) is 71.5. The van der Waals surface area contributed by atoms with Crippen molar-refractivity contribution >= 4 is 196 Å². The van der Waals surface area contributed by atoms with Crippen molar-refractivity contribution in [1.29, 1.82) is 0 Å². The van der Waals surface area contributed by atoms with Gasteiger partial charge in [-0.3, -0.25) is 13.7 Å². The average molecular weight is 1840 g/mol. The van der Waals surface area contributed by atoms with Gasteiger partial charge < -0.3 is 13.7 Å². The molecule has 0 amide bonds. The Balaban J connectivity index is 0.000000103. The fourth-order valence-corrected chi connectivity index (χ4v) is 23.0. The third-order valence-corrected chi connectivity index (χ3v) is 29.3. The normalized spacial score (nSPS) is 11.9. The topological polar surface area (TPSA) is 94.0 Å². The van der Waals surface area contributed by atoms with Crippen molar-refractivity contribution in [2.45, 2.75) is 0 Å². The molecule has 0 atom stereocenters. The smallest absolute Gasteiger partial charge is 0.235 e. The monoisotopic (exact) mass is 1830 g/mol. The van der Waals surface area contributed by atoms with Crippen LogP contribution < -0.4 is 0 Å². The maximum absolute atomic E-state index is 5.46. The van der Waals surface area contributed by atoms with Crippen LogP contribution in [0.5, 0.6) is 0 Å². The Kier molecular flexibility index (Phi) is 18.8. The predicted molar refractivity (Wildman–Crippen MR) is 601 cm³/mol. The van der Waals surface area contributed by atoms with Crippen LogP contribution >= 0.6 is 0 Å². The fraction of sp³-hybridized carbons (Fsp3) is 0. The van der Waals surface area contributed by atoms with Crippen LogP contribution in [0.2, 0.25) is 0 Å². The Morgan fingerprint density at radius 2 is 0.410 bits per heavy atom. The van der Waals surface area contributed by atoms with Crippen LogP contribution in [0.1, 0.15) is 0 Å². The summed E-state index contributed by atoms with van der Waals surface area (Å²) in [6.07, 6.45) is 0. The van der Waals surface area contributed by atoms with E-state index in [1.54, 1.807) is 0 Å². The first-order valence-corrected chi connectivity index (χ1v) is 49.0. The van der Waals surface area contributed by atoms with Crippen LogP contribution in [-0.4, -0.2) is 52.3 Å². The van der Waals surface area contributed by atoms with E-state index in [1.165, 1.54) is 147 Å². The van der Waals surface area contributed by atoms with E-state index in [4.69, 9.17) is 24.9 Å². The molecule has 0 spiro atoms. The molecule has 0 N–H and O–H groups in total. The number of para-hydroxylation sites is 11. The lowest BCUT2D eigenvalue weighted by Gasteiger charge is -2.13. The highest BCUT2D eigenvalue weighted by molar-refractivity contribution is 6.25. The molecule has 22 aromatic carbocycles. The van der Waals surface area contributed by atoms with Gasteiger partial charge in [-0.25, -0.2) is 24.9 Å². The van der Waals surface area contributed by atoms with Gasteiger partial charge in [0.1, 0.15) is 5.82 Å². The van der Waals surface area contributed by atoms with Crippen molar-refractivity contribution in [3.05, 3.63) is 504 Å². The highest BCUT2D eigenvalue weighted by Gasteiger charge is 2.27. The molecule has 11 nitrogen and oxygen atoms in total. The Bertz CT molecular complexity index is 10300. The molecule has 0 saturated heterocycles. The highest BCUT2D eigenvalue weighted by atomic mass is 15.2. The van der Waals surface area contributed by atoms with Crippen molar-refractivity contribution in [3.8, 4) is 79.5 Å². The first-order valence-electron chi connectivity index (χ1n) is 49.0. The number of aromatic nitrogens is 11. The lowest BCUT2D eigenvalue weighted by Crippen LogP contribution is -2.03. The Morgan fingerprint density at radius 3 is 0.819 bits per heavy atom. The number of benzene rings is 22. The van der Waals surface area contributed by atoms with Gasteiger partial charge in [0.05, 0.1) is 94.1 Å². The second-order valence-electron chi connectivity index (χ2n) is 37.3. The highest BCUT2D eigenvalue weighted by Crippen LogP contribution is 2.47. The lowest BCUT2D eigenvalue weighted by atomic mass is 9.99. The largest absolute Gasteiger partial charge is 0.309 e. The van der Waals surface area contributed by atoms with E-state index in [-0.39, 0.29) is 0 Å². The summed E-state index contributed by atoms with van der Waals surface area (Å²) in [7, 11) is 0. The van der Waals surface area contributed by atoms with Crippen molar-refractivity contribution in [2.75, 3.05) is 0 Å². The van der Waals surface area contributed by atoms with Gasteiger partial charge in [-0.1, -0.05) is 346 Å². The second kappa shape index (κ2) is 33.1. The quantitative estimate of drug-likeness (QED) is 0.136. The molecule has 0 aliphatic heterocycles. The van der Waals surface area contributed by atoms with Crippen molar-refractivity contribution in [1.82, 2.24) is 52.3 Å². The number of nitrogens with zero attached hydrogens (tertiary/aromatic N) is 11. The van der Waals surface area contributed by atoms with Gasteiger partial charge in [-0.05, 0) is 212 Å².